The van der Waals surface area contributed by atoms with E-state index in [-0.39, 0.29) is 6.29 Å². The van der Waals surface area contributed by atoms with Gasteiger partial charge in [-0.15, -0.1) is 0 Å². The monoisotopic (exact) mass is 238 g/mol. The van der Waals surface area contributed by atoms with Gasteiger partial charge in [-0.05, 0) is 48.9 Å². The van der Waals surface area contributed by atoms with Gasteiger partial charge in [0.25, 0.3) is 0 Å². The lowest BCUT2D eigenvalue weighted by molar-refractivity contribution is -0.153. The summed E-state index contributed by atoms with van der Waals surface area (Å²) in [4.78, 5) is 0. The zero-order chi connectivity index (χ0) is 12.0. The van der Waals surface area contributed by atoms with Crippen molar-refractivity contribution in [2.24, 2.45) is 35.5 Å². The molecule has 5 atom stereocenters. The van der Waals surface area contributed by atoms with Crippen LogP contribution < -0.4 is 0 Å². The van der Waals surface area contributed by atoms with Gasteiger partial charge >= 0.3 is 0 Å². The predicted octanol–water partition coefficient (Wildman–Crippen LogP) is 3.31. The lowest BCUT2D eigenvalue weighted by atomic mass is 9.54. The molecule has 4 aliphatic rings. The average Bonchev–Trinajstić information content (AvgIpc) is 2.81. The fourth-order valence-electron chi connectivity index (χ4n) is 4.71. The molecule has 0 radical (unpaired) electrons. The molecule has 4 rings (SSSR count). The first-order valence-electron chi connectivity index (χ1n) is 7.40. The molecule has 5 unspecified atom stereocenters. The number of hydrogen-bond donors (Lipinski definition) is 0. The minimum Gasteiger partial charge on any atom is -0.350 e. The molecule has 0 spiro atoms. The Bertz CT molecular complexity index is 270. The summed E-state index contributed by atoms with van der Waals surface area (Å²) in [6.45, 7) is 8.84. The third kappa shape index (κ3) is 2.04. The van der Waals surface area contributed by atoms with Crippen molar-refractivity contribution < 1.29 is 9.47 Å². The van der Waals surface area contributed by atoms with Gasteiger partial charge < -0.3 is 9.47 Å². The first-order valence-corrected chi connectivity index (χ1v) is 7.40. The standard InChI is InChI=1S/C15H26O2/c1-9(2)12-8-13-10(3)6-11(12)7-14(13)15-16-4-5-17-15/h9-15H,4-8H2,1-3H3. The molecule has 0 N–H and O–H groups in total. The first-order chi connectivity index (χ1) is 8.16. The molecule has 2 heteroatoms. The fraction of sp³-hybridized carbons (Fsp3) is 1.00. The summed E-state index contributed by atoms with van der Waals surface area (Å²) < 4.78 is 11.5. The van der Waals surface area contributed by atoms with Crippen LogP contribution >= 0.6 is 0 Å². The molecule has 2 nitrogen and oxygen atoms in total. The third-order valence-corrected chi connectivity index (χ3v) is 5.53. The third-order valence-electron chi connectivity index (χ3n) is 5.53. The molecule has 0 aromatic heterocycles. The first kappa shape index (κ1) is 12.0. The molecule has 1 aliphatic heterocycles. The van der Waals surface area contributed by atoms with Gasteiger partial charge in [0, 0.05) is 5.92 Å². The molecule has 3 saturated carbocycles. The van der Waals surface area contributed by atoms with E-state index in [1.807, 2.05) is 0 Å². The van der Waals surface area contributed by atoms with Crippen molar-refractivity contribution in [2.45, 2.75) is 46.3 Å². The van der Waals surface area contributed by atoms with Crippen molar-refractivity contribution in [3.05, 3.63) is 0 Å². The van der Waals surface area contributed by atoms with Crippen LogP contribution in [0.4, 0.5) is 0 Å². The van der Waals surface area contributed by atoms with Gasteiger partial charge in [0.15, 0.2) is 6.29 Å². The van der Waals surface area contributed by atoms with E-state index < -0.39 is 0 Å². The lowest BCUT2D eigenvalue weighted by Crippen LogP contribution is -2.48. The Morgan fingerprint density at radius 2 is 1.65 bits per heavy atom. The summed E-state index contributed by atoms with van der Waals surface area (Å²) in [5.41, 5.74) is 0. The Kier molecular flexibility index (Phi) is 3.20. The van der Waals surface area contributed by atoms with Crippen LogP contribution in [0.15, 0.2) is 0 Å². The van der Waals surface area contributed by atoms with Crippen LogP contribution in [0, 0.1) is 35.5 Å². The smallest absolute Gasteiger partial charge is 0.160 e. The van der Waals surface area contributed by atoms with Gasteiger partial charge in [-0.2, -0.15) is 0 Å². The largest absolute Gasteiger partial charge is 0.350 e. The van der Waals surface area contributed by atoms with Gasteiger partial charge in [-0.1, -0.05) is 20.8 Å². The minimum atomic E-state index is 0.123. The van der Waals surface area contributed by atoms with E-state index in [9.17, 15) is 0 Å². The molecule has 17 heavy (non-hydrogen) atoms. The van der Waals surface area contributed by atoms with Crippen molar-refractivity contribution in [2.75, 3.05) is 13.2 Å². The maximum Gasteiger partial charge on any atom is 0.160 e. The Morgan fingerprint density at radius 1 is 0.941 bits per heavy atom. The molecule has 2 bridgehead atoms. The highest BCUT2D eigenvalue weighted by Gasteiger charge is 2.49. The van der Waals surface area contributed by atoms with Crippen LogP contribution in [0.5, 0.6) is 0 Å². The second-order valence-corrected chi connectivity index (χ2v) is 6.79. The van der Waals surface area contributed by atoms with Crippen molar-refractivity contribution in [1.82, 2.24) is 0 Å². The average molecular weight is 238 g/mol. The highest BCUT2D eigenvalue weighted by Crippen LogP contribution is 2.54. The fourth-order valence-corrected chi connectivity index (χ4v) is 4.71. The van der Waals surface area contributed by atoms with E-state index >= 15 is 0 Å². The van der Waals surface area contributed by atoms with Crippen LogP contribution in [-0.2, 0) is 9.47 Å². The van der Waals surface area contributed by atoms with E-state index in [1.54, 1.807) is 0 Å². The van der Waals surface area contributed by atoms with E-state index in [0.717, 1.165) is 42.8 Å². The minimum absolute atomic E-state index is 0.123. The van der Waals surface area contributed by atoms with Gasteiger partial charge in [0.05, 0.1) is 13.2 Å². The van der Waals surface area contributed by atoms with Crippen LogP contribution in [0.3, 0.4) is 0 Å². The molecule has 3 aliphatic carbocycles. The lowest BCUT2D eigenvalue weighted by Gasteiger charge is -2.53. The predicted molar refractivity (Wildman–Crippen MR) is 67.5 cm³/mol. The SMILES string of the molecule is CC(C)C1CC2C(C)CC1CC2C1OCCO1. The highest BCUT2D eigenvalue weighted by atomic mass is 16.7. The summed E-state index contributed by atoms with van der Waals surface area (Å²) in [6, 6.07) is 0. The molecular weight excluding hydrogens is 212 g/mol. The van der Waals surface area contributed by atoms with Crippen LogP contribution in [-0.4, -0.2) is 19.5 Å². The van der Waals surface area contributed by atoms with Gasteiger partial charge in [0.1, 0.15) is 0 Å². The topological polar surface area (TPSA) is 18.5 Å². The zero-order valence-electron chi connectivity index (χ0n) is 11.4. The number of fused-ring (bicyclic) bond motifs is 3. The second-order valence-electron chi connectivity index (χ2n) is 6.79. The Labute approximate surface area is 105 Å². The molecule has 98 valence electrons. The quantitative estimate of drug-likeness (QED) is 0.735. The van der Waals surface area contributed by atoms with Crippen LogP contribution in [0.25, 0.3) is 0 Å². The molecule has 1 saturated heterocycles. The Hall–Kier alpha value is -0.0800. The van der Waals surface area contributed by atoms with Gasteiger partial charge in [-0.25, -0.2) is 0 Å². The highest BCUT2D eigenvalue weighted by molar-refractivity contribution is 4.96. The molecule has 0 amide bonds. The number of ether oxygens (including phenoxy) is 2. The second kappa shape index (κ2) is 4.55. The molecule has 4 fully saturated rings. The van der Waals surface area contributed by atoms with Crippen molar-refractivity contribution in [3.8, 4) is 0 Å². The number of rotatable bonds is 2. The summed E-state index contributed by atoms with van der Waals surface area (Å²) in [5.74, 6) is 5.13. The van der Waals surface area contributed by atoms with Crippen molar-refractivity contribution in [1.29, 1.82) is 0 Å². The molecular formula is C15H26O2. The van der Waals surface area contributed by atoms with E-state index in [2.05, 4.69) is 20.8 Å². The van der Waals surface area contributed by atoms with Crippen molar-refractivity contribution in [3.63, 3.8) is 0 Å². The molecule has 0 aromatic carbocycles. The summed E-state index contributed by atoms with van der Waals surface area (Å²) in [5, 5.41) is 0. The Balaban J connectivity index is 1.74. The summed E-state index contributed by atoms with van der Waals surface area (Å²) in [6.07, 6.45) is 4.33. The maximum atomic E-state index is 5.77. The molecule has 1 heterocycles. The number of hydrogen-bond acceptors (Lipinski definition) is 2. The van der Waals surface area contributed by atoms with E-state index in [1.165, 1.54) is 19.3 Å². The van der Waals surface area contributed by atoms with Crippen LogP contribution in [0.2, 0.25) is 0 Å². The van der Waals surface area contributed by atoms with Gasteiger partial charge in [-0.3, -0.25) is 0 Å². The summed E-state index contributed by atoms with van der Waals surface area (Å²) >= 11 is 0. The summed E-state index contributed by atoms with van der Waals surface area (Å²) in [7, 11) is 0. The maximum absolute atomic E-state index is 5.77. The van der Waals surface area contributed by atoms with Gasteiger partial charge in [0.2, 0.25) is 0 Å². The van der Waals surface area contributed by atoms with E-state index in [4.69, 9.17) is 9.47 Å². The Morgan fingerprint density at radius 3 is 2.24 bits per heavy atom. The van der Waals surface area contributed by atoms with Crippen molar-refractivity contribution >= 4 is 0 Å². The van der Waals surface area contributed by atoms with E-state index in [0.29, 0.717) is 5.92 Å². The zero-order valence-corrected chi connectivity index (χ0v) is 11.4. The normalized spacial score (nSPS) is 46.9. The molecule has 0 aromatic rings. The van der Waals surface area contributed by atoms with Crippen LogP contribution in [0.1, 0.15) is 40.0 Å².